The standard InChI is InChI=1S/C21H32N4O4S/c1-13(14-6-8-22-9-7-14)30(27,28)25-17-4-5-18(25)11-16(10-17)23-21(26)19-12-20(29-24-19)15-2-3-15/h12-18,22H,2-11H2,1H3,(H,23,26)/t13-,16-,17+,18-/m1/s1. The lowest BCUT2D eigenvalue weighted by atomic mass is 9.95. The Bertz CT molecular complexity index is 877. The fourth-order valence-electron chi connectivity index (χ4n) is 5.63. The zero-order chi connectivity index (χ0) is 20.9. The van der Waals surface area contributed by atoms with Gasteiger partial charge in [-0.1, -0.05) is 5.16 Å². The van der Waals surface area contributed by atoms with Gasteiger partial charge >= 0.3 is 0 Å². The molecule has 0 unspecified atom stereocenters. The first-order chi connectivity index (χ1) is 14.4. The van der Waals surface area contributed by atoms with Crippen LogP contribution in [0.3, 0.4) is 0 Å². The Kier molecular flexibility index (Phi) is 5.39. The summed E-state index contributed by atoms with van der Waals surface area (Å²) in [5.41, 5.74) is 0.332. The maximum Gasteiger partial charge on any atom is 0.273 e. The van der Waals surface area contributed by atoms with Crippen LogP contribution in [0.4, 0.5) is 0 Å². The predicted octanol–water partition coefficient (Wildman–Crippen LogP) is 2.00. The van der Waals surface area contributed by atoms with Gasteiger partial charge in [-0.2, -0.15) is 4.31 Å². The molecule has 4 aliphatic rings. The van der Waals surface area contributed by atoms with E-state index in [1.54, 1.807) is 6.07 Å². The van der Waals surface area contributed by atoms with Crippen LogP contribution in [0, 0.1) is 5.92 Å². The molecule has 3 aliphatic heterocycles. The van der Waals surface area contributed by atoms with E-state index in [-0.39, 0.29) is 35.2 Å². The number of carbonyl (C=O) groups is 1. The number of nitrogens with one attached hydrogen (secondary N) is 2. The molecule has 0 aromatic carbocycles. The van der Waals surface area contributed by atoms with Gasteiger partial charge in [0.15, 0.2) is 5.69 Å². The summed E-state index contributed by atoms with van der Waals surface area (Å²) in [7, 11) is -3.34. The lowest BCUT2D eigenvalue weighted by molar-refractivity contribution is 0.0899. The molecule has 1 aromatic rings. The normalized spacial score (nSPS) is 31.6. The van der Waals surface area contributed by atoms with E-state index >= 15 is 0 Å². The van der Waals surface area contributed by atoms with Crippen LogP contribution in [0.5, 0.6) is 0 Å². The van der Waals surface area contributed by atoms with Gasteiger partial charge in [-0.3, -0.25) is 4.79 Å². The highest BCUT2D eigenvalue weighted by molar-refractivity contribution is 7.89. The lowest BCUT2D eigenvalue weighted by Crippen LogP contribution is -2.55. The van der Waals surface area contributed by atoms with Crippen molar-refractivity contribution in [3.8, 4) is 0 Å². The molecule has 4 heterocycles. The first kappa shape index (κ1) is 20.5. The van der Waals surface area contributed by atoms with Crippen molar-refractivity contribution in [2.75, 3.05) is 13.1 Å². The molecule has 30 heavy (non-hydrogen) atoms. The molecule has 1 amide bonds. The molecule has 166 valence electrons. The van der Waals surface area contributed by atoms with Crippen molar-refractivity contribution in [1.29, 1.82) is 0 Å². The fourth-order valence-corrected chi connectivity index (χ4v) is 7.99. The number of aromatic nitrogens is 1. The van der Waals surface area contributed by atoms with Gasteiger partial charge in [0.1, 0.15) is 5.76 Å². The van der Waals surface area contributed by atoms with Crippen LogP contribution in [-0.4, -0.2) is 60.3 Å². The molecule has 1 saturated carbocycles. The van der Waals surface area contributed by atoms with Gasteiger partial charge in [0.25, 0.3) is 5.91 Å². The first-order valence-electron chi connectivity index (χ1n) is 11.4. The second-order valence-corrected chi connectivity index (χ2v) is 11.8. The van der Waals surface area contributed by atoms with E-state index in [2.05, 4.69) is 15.8 Å². The number of sulfonamides is 1. The van der Waals surface area contributed by atoms with Crippen molar-refractivity contribution in [1.82, 2.24) is 20.1 Å². The van der Waals surface area contributed by atoms with Crippen LogP contribution in [0.25, 0.3) is 0 Å². The van der Waals surface area contributed by atoms with Crippen molar-refractivity contribution < 1.29 is 17.7 Å². The minimum atomic E-state index is -3.34. The highest BCUT2D eigenvalue weighted by atomic mass is 32.2. The minimum Gasteiger partial charge on any atom is -0.360 e. The smallest absolute Gasteiger partial charge is 0.273 e. The summed E-state index contributed by atoms with van der Waals surface area (Å²) in [6.07, 6.45) is 7.15. The second-order valence-electron chi connectivity index (χ2n) is 9.58. The maximum atomic E-state index is 13.5. The van der Waals surface area contributed by atoms with E-state index in [9.17, 15) is 13.2 Å². The molecular weight excluding hydrogens is 404 g/mol. The van der Waals surface area contributed by atoms with E-state index in [0.29, 0.717) is 24.5 Å². The molecule has 0 spiro atoms. The molecule has 4 atom stereocenters. The van der Waals surface area contributed by atoms with Crippen LogP contribution in [0.15, 0.2) is 10.6 Å². The number of amides is 1. The van der Waals surface area contributed by atoms with Crippen molar-refractivity contribution in [3.63, 3.8) is 0 Å². The number of hydrogen-bond acceptors (Lipinski definition) is 6. The molecule has 1 aliphatic carbocycles. The summed E-state index contributed by atoms with van der Waals surface area (Å²) in [6, 6.07) is 1.71. The molecule has 0 radical (unpaired) electrons. The van der Waals surface area contributed by atoms with Gasteiger partial charge < -0.3 is 15.2 Å². The van der Waals surface area contributed by atoms with E-state index in [4.69, 9.17) is 4.52 Å². The van der Waals surface area contributed by atoms with E-state index in [1.807, 2.05) is 11.2 Å². The van der Waals surface area contributed by atoms with E-state index in [1.165, 1.54) is 0 Å². The molecule has 4 fully saturated rings. The lowest BCUT2D eigenvalue weighted by Gasteiger charge is -2.41. The Morgan fingerprint density at radius 1 is 1.17 bits per heavy atom. The summed E-state index contributed by atoms with van der Waals surface area (Å²) in [5, 5.41) is 9.99. The van der Waals surface area contributed by atoms with Crippen LogP contribution in [-0.2, 0) is 10.0 Å². The van der Waals surface area contributed by atoms with Crippen LogP contribution < -0.4 is 10.6 Å². The Hall–Kier alpha value is -1.45. The number of carbonyl (C=O) groups excluding carboxylic acids is 1. The zero-order valence-corrected chi connectivity index (χ0v) is 18.4. The highest BCUT2D eigenvalue weighted by Crippen LogP contribution is 2.41. The Morgan fingerprint density at radius 3 is 2.47 bits per heavy atom. The maximum absolute atomic E-state index is 13.5. The van der Waals surface area contributed by atoms with Crippen LogP contribution in [0.2, 0.25) is 0 Å². The molecule has 1 aromatic heterocycles. The number of rotatable bonds is 6. The molecule has 2 N–H and O–H groups in total. The highest BCUT2D eigenvalue weighted by Gasteiger charge is 2.49. The molecular formula is C21H32N4O4S. The number of fused-ring (bicyclic) bond motifs is 2. The van der Waals surface area contributed by atoms with Gasteiger partial charge in [0.05, 0.1) is 5.25 Å². The Balaban J connectivity index is 1.23. The Morgan fingerprint density at radius 2 is 1.83 bits per heavy atom. The molecule has 9 heteroatoms. The third-order valence-electron chi connectivity index (χ3n) is 7.55. The van der Waals surface area contributed by atoms with Gasteiger partial charge in [-0.25, -0.2) is 8.42 Å². The average Bonchev–Trinajstić information content (AvgIpc) is 3.40. The summed E-state index contributed by atoms with van der Waals surface area (Å²) in [4.78, 5) is 12.6. The molecule has 2 bridgehead atoms. The average molecular weight is 437 g/mol. The van der Waals surface area contributed by atoms with Gasteiger partial charge in [0.2, 0.25) is 10.0 Å². The summed E-state index contributed by atoms with van der Waals surface area (Å²) < 4.78 is 34.0. The largest absolute Gasteiger partial charge is 0.360 e. The molecule has 5 rings (SSSR count). The van der Waals surface area contributed by atoms with Gasteiger partial charge in [-0.15, -0.1) is 0 Å². The van der Waals surface area contributed by atoms with Gasteiger partial charge in [-0.05, 0) is 77.3 Å². The predicted molar refractivity (Wildman–Crippen MR) is 112 cm³/mol. The van der Waals surface area contributed by atoms with Gasteiger partial charge in [0, 0.05) is 30.1 Å². The Labute approximate surface area is 178 Å². The summed E-state index contributed by atoms with van der Waals surface area (Å²) >= 11 is 0. The number of nitrogens with zero attached hydrogens (tertiary/aromatic N) is 2. The first-order valence-corrected chi connectivity index (χ1v) is 12.9. The number of piperidine rings is 2. The number of hydrogen-bond donors (Lipinski definition) is 2. The summed E-state index contributed by atoms with van der Waals surface area (Å²) in [5.74, 6) is 1.23. The van der Waals surface area contributed by atoms with E-state index < -0.39 is 10.0 Å². The molecule has 8 nitrogen and oxygen atoms in total. The fraction of sp³-hybridized carbons (Fsp3) is 0.810. The van der Waals surface area contributed by atoms with Crippen LogP contribution >= 0.6 is 0 Å². The monoisotopic (exact) mass is 436 g/mol. The quantitative estimate of drug-likeness (QED) is 0.707. The molecule has 3 saturated heterocycles. The topological polar surface area (TPSA) is 105 Å². The minimum absolute atomic E-state index is 0.0115. The third-order valence-corrected chi connectivity index (χ3v) is 10.1. The van der Waals surface area contributed by atoms with Crippen molar-refractivity contribution >= 4 is 15.9 Å². The second kappa shape index (κ2) is 7.91. The third kappa shape index (κ3) is 3.80. The SMILES string of the molecule is C[C@H](C1CCNCC1)S(=O)(=O)N1[C@@H]2CC[C@H]1C[C@@H](NC(=O)c1cc(C3CC3)on1)C2. The van der Waals surface area contributed by atoms with Crippen LogP contribution in [0.1, 0.15) is 80.5 Å². The zero-order valence-electron chi connectivity index (χ0n) is 17.5. The van der Waals surface area contributed by atoms with E-state index in [0.717, 1.165) is 57.4 Å². The van der Waals surface area contributed by atoms with Crippen molar-refractivity contribution in [2.24, 2.45) is 5.92 Å². The van der Waals surface area contributed by atoms with Crippen molar-refractivity contribution in [2.45, 2.75) is 87.6 Å². The summed E-state index contributed by atoms with van der Waals surface area (Å²) in [6.45, 7) is 3.69. The van der Waals surface area contributed by atoms with Crippen molar-refractivity contribution in [3.05, 3.63) is 17.5 Å².